The zero-order valence-corrected chi connectivity index (χ0v) is 17.7. The number of esters is 2. The van der Waals surface area contributed by atoms with Gasteiger partial charge in [0.05, 0.1) is 11.1 Å². The Kier molecular flexibility index (Phi) is 6.20. The third-order valence-electron chi connectivity index (χ3n) is 4.66. The van der Waals surface area contributed by atoms with Crippen molar-refractivity contribution in [2.45, 2.75) is 33.1 Å². The third-order valence-corrected chi connectivity index (χ3v) is 4.66. The van der Waals surface area contributed by atoms with E-state index in [9.17, 15) is 18.4 Å². The number of benzene rings is 3. The van der Waals surface area contributed by atoms with Crippen molar-refractivity contribution < 1.29 is 27.8 Å². The maximum atomic E-state index is 13.2. The van der Waals surface area contributed by atoms with E-state index in [1.807, 2.05) is 26.8 Å². The molecule has 31 heavy (non-hydrogen) atoms. The van der Waals surface area contributed by atoms with Gasteiger partial charge in [0.1, 0.15) is 11.6 Å². The van der Waals surface area contributed by atoms with E-state index >= 15 is 0 Å². The van der Waals surface area contributed by atoms with Gasteiger partial charge < -0.3 is 9.47 Å². The Hall–Kier alpha value is -3.54. The Balaban J connectivity index is 1.98. The summed E-state index contributed by atoms with van der Waals surface area (Å²) in [4.78, 5) is 25.2. The van der Waals surface area contributed by atoms with Gasteiger partial charge >= 0.3 is 11.9 Å². The Bertz CT molecular complexity index is 1110. The Morgan fingerprint density at radius 1 is 0.742 bits per heavy atom. The van der Waals surface area contributed by atoms with Crippen LogP contribution >= 0.6 is 0 Å². The zero-order chi connectivity index (χ0) is 22.8. The summed E-state index contributed by atoms with van der Waals surface area (Å²) in [6.07, 6.45) is 0. The van der Waals surface area contributed by atoms with Crippen LogP contribution in [0, 0.1) is 18.6 Å². The molecule has 0 aliphatic carbocycles. The summed E-state index contributed by atoms with van der Waals surface area (Å²) < 4.78 is 37.4. The number of hydrogen-bond donors (Lipinski definition) is 0. The summed E-state index contributed by atoms with van der Waals surface area (Å²) in [7, 11) is 0. The van der Waals surface area contributed by atoms with Crippen molar-refractivity contribution in [1.82, 2.24) is 0 Å². The number of carbonyl (C=O) groups excluding carboxylic acids is 2. The van der Waals surface area contributed by atoms with Gasteiger partial charge in [-0.05, 0) is 78.1 Å². The van der Waals surface area contributed by atoms with Gasteiger partial charge in [-0.3, -0.25) is 0 Å². The molecule has 0 fully saturated rings. The quantitative estimate of drug-likeness (QED) is 0.380. The molecule has 3 rings (SSSR count). The average Bonchev–Trinajstić information content (AvgIpc) is 2.70. The highest BCUT2D eigenvalue weighted by molar-refractivity contribution is 5.93. The number of carbonyl (C=O) groups is 2. The van der Waals surface area contributed by atoms with Crippen molar-refractivity contribution >= 4 is 11.9 Å². The van der Waals surface area contributed by atoms with E-state index in [0.717, 1.165) is 29.8 Å². The highest BCUT2D eigenvalue weighted by atomic mass is 19.1. The summed E-state index contributed by atoms with van der Waals surface area (Å²) >= 11 is 0. The number of hydrogen-bond acceptors (Lipinski definition) is 4. The second-order valence-electron chi connectivity index (χ2n) is 8.16. The molecular weight excluding hydrogens is 402 g/mol. The van der Waals surface area contributed by atoms with Crippen LogP contribution in [0.2, 0.25) is 0 Å². The molecule has 160 valence electrons. The van der Waals surface area contributed by atoms with Crippen LogP contribution < -0.4 is 9.47 Å². The first kappa shape index (κ1) is 22.2. The molecule has 0 aliphatic heterocycles. The smallest absolute Gasteiger partial charge is 0.343 e. The van der Waals surface area contributed by atoms with Crippen LogP contribution in [0.1, 0.15) is 52.6 Å². The van der Waals surface area contributed by atoms with Crippen LogP contribution in [-0.4, -0.2) is 11.9 Å². The van der Waals surface area contributed by atoms with Gasteiger partial charge in [0, 0.05) is 0 Å². The minimum atomic E-state index is -0.718. The van der Waals surface area contributed by atoms with Crippen LogP contribution in [0.15, 0.2) is 60.7 Å². The van der Waals surface area contributed by atoms with E-state index in [1.54, 1.807) is 13.0 Å². The fraction of sp³-hybridized carbons (Fsp3) is 0.200. The molecule has 0 unspecified atom stereocenters. The number of halogens is 2. The van der Waals surface area contributed by atoms with Crippen molar-refractivity contribution in [3.05, 3.63) is 94.6 Å². The molecule has 0 saturated heterocycles. The standard InChI is InChI=1S/C25H22F2O4/c1-15-13-18(25(2,3)4)14-21(30-23(28)16-5-9-19(26)10-6-16)22(15)31-24(29)17-7-11-20(27)12-8-17/h5-14H,1-4H3. The van der Waals surface area contributed by atoms with Gasteiger partial charge in [-0.1, -0.05) is 26.8 Å². The van der Waals surface area contributed by atoms with E-state index in [1.165, 1.54) is 24.3 Å². The summed E-state index contributed by atoms with van der Waals surface area (Å²) in [5.41, 5.74) is 1.49. The highest BCUT2D eigenvalue weighted by Gasteiger charge is 2.23. The molecule has 4 nitrogen and oxygen atoms in total. The van der Waals surface area contributed by atoms with Crippen LogP contribution in [0.25, 0.3) is 0 Å². The minimum Gasteiger partial charge on any atom is -0.419 e. The molecule has 0 amide bonds. The summed E-state index contributed by atoms with van der Waals surface area (Å²) in [6.45, 7) is 7.73. The molecule has 0 aromatic heterocycles. The molecule has 0 atom stereocenters. The fourth-order valence-electron chi connectivity index (χ4n) is 2.86. The van der Waals surface area contributed by atoms with E-state index in [2.05, 4.69) is 0 Å². The molecule has 0 aliphatic rings. The van der Waals surface area contributed by atoms with Gasteiger partial charge in [-0.2, -0.15) is 0 Å². The first-order valence-corrected chi connectivity index (χ1v) is 9.65. The zero-order valence-electron chi connectivity index (χ0n) is 17.7. The summed E-state index contributed by atoms with van der Waals surface area (Å²) in [6, 6.07) is 13.3. The Morgan fingerprint density at radius 2 is 1.19 bits per heavy atom. The van der Waals surface area contributed by atoms with E-state index in [4.69, 9.17) is 9.47 Å². The lowest BCUT2D eigenvalue weighted by molar-refractivity contribution is 0.0681. The van der Waals surface area contributed by atoms with E-state index < -0.39 is 23.6 Å². The molecule has 0 saturated carbocycles. The molecule has 0 bridgehead atoms. The largest absolute Gasteiger partial charge is 0.419 e. The molecule has 6 heteroatoms. The van der Waals surface area contributed by atoms with E-state index in [-0.39, 0.29) is 28.0 Å². The average molecular weight is 424 g/mol. The monoisotopic (exact) mass is 424 g/mol. The fourth-order valence-corrected chi connectivity index (χ4v) is 2.86. The van der Waals surface area contributed by atoms with Crippen molar-refractivity contribution in [3.63, 3.8) is 0 Å². The van der Waals surface area contributed by atoms with Gasteiger partial charge in [0.25, 0.3) is 0 Å². The summed E-state index contributed by atoms with van der Waals surface area (Å²) in [5, 5.41) is 0. The number of rotatable bonds is 4. The first-order valence-electron chi connectivity index (χ1n) is 9.65. The van der Waals surface area contributed by atoms with Crippen LogP contribution in [-0.2, 0) is 5.41 Å². The predicted molar refractivity (Wildman–Crippen MR) is 113 cm³/mol. The molecule has 3 aromatic rings. The molecule has 0 radical (unpaired) electrons. The van der Waals surface area contributed by atoms with Crippen molar-refractivity contribution in [3.8, 4) is 11.5 Å². The maximum absolute atomic E-state index is 13.2. The lowest BCUT2D eigenvalue weighted by Gasteiger charge is -2.22. The molecule has 0 heterocycles. The second-order valence-corrected chi connectivity index (χ2v) is 8.16. The predicted octanol–water partition coefficient (Wildman–Crippen LogP) is 6.01. The molecule has 0 spiro atoms. The molecule has 0 N–H and O–H groups in total. The molecule has 3 aromatic carbocycles. The number of aryl methyl sites for hydroxylation is 1. The number of ether oxygens (including phenoxy) is 2. The van der Waals surface area contributed by atoms with Crippen LogP contribution in [0.4, 0.5) is 8.78 Å². The normalized spacial score (nSPS) is 11.2. The van der Waals surface area contributed by atoms with Crippen LogP contribution in [0.3, 0.4) is 0 Å². The van der Waals surface area contributed by atoms with Crippen molar-refractivity contribution in [2.24, 2.45) is 0 Å². The summed E-state index contributed by atoms with van der Waals surface area (Å²) in [5.74, 6) is -2.24. The van der Waals surface area contributed by atoms with Gasteiger partial charge in [-0.25, -0.2) is 18.4 Å². The lowest BCUT2D eigenvalue weighted by atomic mass is 9.86. The van der Waals surface area contributed by atoms with Crippen molar-refractivity contribution in [1.29, 1.82) is 0 Å². The Morgan fingerprint density at radius 3 is 1.65 bits per heavy atom. The first-order chi connectivity index (χ1) is 14.5. The van der Waals surface area contributed by atoms with Crippen molar-refractivity contribution in [2.75, 3.05) is 0 Å². The SMILES string of the molecule is Cc1cc(C(C)(C)C)cc(OC(=O)c2ccc(F)cc2)c1OC(=O)c1ccc(F)cc1. The third kappa shape index (κ3) is 5.34. The van der Waals surface area contributed by atoms with Crippen LogP contribution in [0.5, 0.6) is 11.5 Å². The topological polar surface area (TPSA) is 52.6 Å². The minimum absolute atomic E-state index is 0.0645. The van der Waals surface area contributed by atoms with Gasteiger partial charge in [0.15, 0.2) is 11.5 Å². The van der Waals surface area contributed by atoms with E-state index in [0.29, 0.717) is 5.56 Å². The van der Waals surface area contributed by atoms with Gasteiger partial charge in [-0.15, -0.1) is 0 Å². The maximum Gasteiger partial charge on any atom is 0.343 e. The second kappa shape index (κ2) is 8.68. The molecular formula is C25H22F2O4. The van der Waals surface area contributed by atoms with Gasteiger partial charge in [0.2, 0.25) is 0 Å². The Labute approximate surface area is 179 Å². The highest BCUT2D eigenvalue weighted by Crippen LogP contribution is 2.37. The lowest BCUT2D eigenvalue weighted by Crippen LogP contribution is -2.16.